The fourth-order valence-corrected chi connectivity index (χ4v) is 1.29. The molecule has 0 aromatic carbocycles. The molecular formula is C11H25N3O3. The van der Waals surface area contributed by atoms with Gasteiger partial charge in [0.1, 0.15) is 0 Å². The lowest BCUT2D eigenvalue weighted by molar-refractivity contribution is 0.493. The minimum atomic E-state index is -0.563. The molecule has 0 aliphatic rings. The van der Waals surface area contributed by atoms with Crippen molar-refractivity contribution >= 4 is 0 Å². The van der Waals surface area contributed by atoms with Gasteiger partial charge < -0.3 is 0 Å². The first kappa shape index (κ1) is 20.8. The highest BCUT2D eigenvalue weighted by molar-refractivity contribution is 4.76. The molecule has 17 heavy (non-hydrogen) atoms. The number of hydrogen-bond donors (Lipinski definition) is 0. The van der Waals surface area contributed by atoms with E-state index in [1.807, 2.05) is 0 Å². The van der Waals surface area contributed by atoms with Gasteiger partial charge in [0.05, 0.1) is 0 Å². The molecule has 0 bridgehead atoms. The van der Waals surface area contributed by atoms with E-state index in [4.69, 9.17) is 0 Å². The van der Waals surface area contributed by atoms with Crippen LogP contribution in [-0.2, 0) is 20.1 Å². The Morgan fingerprint density at radius 2 is 1.06 bits per heavy atom. The summed E-state index contributed by atoms with van der Waals surface area (Å²) in [6.45, 7) is 3.91. The van der Waals surface area contributed by atoms with Crippen molar-refractivity contribution in [3.8, 4) is 0 Å². The molecule has 0 saturated carbocycles. The third-order valence-electron chi connectivity index (χ3n) is 2.13. The van der Waals surface area contributed by atoms with Crippen LogP contribution in [0.5, 0.6) is 0 Å². The standard InChI is InChI=1S/C8H13N3O3.3CH4/c1-4-10-6(12)9(3)7(13)11(5-2)8(10)14;;;/h4-5H2,1-3H3;3*1H4. The van der Waals surface area contributed by atoms with Gasteiger partial charge in [-0.25, -0.2) is 28.1 Å². The second-order valence-corrected chi connectivity index (χ2v) is 2.90. The minimum absolute atomic E-state index is 0. The maximum atomic E-state index is 11.5. The molecule has 0 saturated heterocycles. The lowest BCUT2D eigenvalue weighted by Gasteiger charge is -2.07. The van der Waals surface area contributed by atoms with E-state index in [9.17, 15) is 14.4 Å². The molecule has 6 heteroatoms. The fourth-order valence-electron chi connectivity index (χ4n) is 1.29. The second kappa shape index (κ2) is 7.65. The number of aromatic nitrogens is 3. The minimum Gasteiger partial charge on any atom is -0.248 e. The van der Waals surface area contributed by atoms with Gasteiger partial charge in [-0.15, -0.1) is 0 Å². The van der Waals surface area contributed by atoms with Gasteiger partial charge in [0.25, 0.3) is 0 Å². The lowest BCUT2D eigenvalue weighted by atomic mass is 10.6. The molecule has 102 valence electrons. The zero-order valence-electron chi connectivity index (χ0n) is 8.48. The molecule has 1 heterocycles. The van der Waals surface area contributed by atoms with E-state index in [-0.39, 0.29) is 35.4 Å². The predicted molar refractivity (Wildman–Crippen MR) is 71.7 cm³/mol. The van der Waals surface area contributed by atoms with Crippen LogP contribution in [0.15, 0.2) is 14.4 Å². The van der Waals surface area contributed by atoms with Crippen LogP contribution in [0.2, 0.25) is 0 Å². The average Bonchev–Trinajstić information content (AvgIpc) is 2.16. The second-order valence-electron chi connectivity index (χ2n) is 2.90. The highest BCUT2D eigenvalue weighted by Gasteiger charge is 2.09. The summed E-state index contributed by atoms with van der Waals surface area (Å²) in [5, 5.41) is 0. The summed E-state index contributed by atoms with van der Waals surface area (Å²) in [4.78, 5) is 34.4. The van der Waals surface area contributed by atoms with Crippen LogP contribution < -0.4 is 17.1 Å². The van der Waals surface area contributed by atoms with Gasteiger partial charge in [-0.3, -0.25) is 0 Å². The Kier molecular flexibility index (Phi) is 9.34. The van der Waals surface area contributed by atoms with Crippen molar-refractivity contribution in [1.29, 1.82) is 0 Å². The Morgan fingerprint density at radius 1 is 0.765 bits per heavy atom. The number of rotatable bonds is 2. The highest BCUT2D eigenvalue weighted by atomic mass is 16.2. The van der Waals surface area contributed by atoms with Gasteiger partial charge in [-0.2, -0.15) is 0 Å². The molecule has 0 amide bonds. The molecule has 1 aromatic heterocycles. The van der Waals surface area contributed by atoms with Gasteiger partial charge in [-0.05, 0) is 13.8 Å². The van der Waals surface area contributed by atoms with Crippen LogP contribution >= 0.6 is 0 Å². The fraction of sp³-hybridized carbons (Fsp3) is 0.727. The summed E-state index contributed by atoms with van der Waals surface area (Å²) in [6.07, 6.45) is 0. The van der Waals surface area contributed by atoms with E-state index in [0.29, 0.717) is 0 Å². The van der Waals surface area contributed by atoms with Crippen LogP contribution in [0.4, 0.5) is 0 Å². The smallest absolute Gasteiger partial charge is 0.248 e. The van der Waals surface area contributed by atoms with Gasteiger partial charge in [0.2, 0.25) is 0 Å². The Bertz CT molecular complexity index is 466. The van der Waals surface area contributed by atoms with Crippen molar-refractivity contribution in [2.24, 2.45) is 7.05 Å². The van der Waals surface area contributed by atoms with E-state index >= 15 is 0 Å². The van der Waals surface area contributed by atoms with Gasteiger partial charge in [0.15, 0.2) is 0 Å². The van der Waals surface area contributed by atoms with E-state index in [1.54, 1.807) is 13.8 Å². The monoisotopic (exact) mass is 247 g/mol. The summed E-state index contributed by atoms with van der Waals surface area (Å²) in [5.74, 6) is 0. The summed E-state index contributed by atoms with van der Waals surface area (Å²) >= 11 is 0. The maximum absolute atomic E-state index is 11.5. The van der Waals surface area contributed by atoms with E-state index < -0.39 is 17.1 Å². The Morgan fingerprint density at radius 3 is 1.29 bits per heavy atom. The van der Waals surface area contributed by atoms with Crippen LogP contribution in [0.3, 0.4) is 0 Å². The largest absolute Gasteiger partial charge is 0.336 e. The molecule has 0 radical (unpaired) electrons. The quantitative estimate of drug-likeness (QED) is 0.771. The number of nitrogens with zero attached hydrogens (tertiary/aromatic N) is 3. The SMILES string of the molecule is C.C.C.CCn1c(=O)n(C)c(=O)n(CC)c1=O. The van der Waals surface area contributed by atoms with E-state index in [0.717, 1.165) is 13.7 Å². The summed E-state index contributed by atoms with van der Waals surface area (Å²) in [6, 6.07) is 0. The van der Waals surface area contributed by atoms with Crippen molar-refractivity contribution in [1.82, 2.24) is 13.7 Å². The zero-order chi connectivity index (χ0) is 10.9. The summed E-state index contributed by atoms with van der Waals surface area (Å²) < 4.78 is 3.00. The van der Waals surface area contributed by atoms with Gasteiger partial charge >= 0.3 is 17.1 Å². The molecule has 1 rings (SSSR count). The summed E-state index contributed by atoms with van der Waals surface area (Å²) in [7, 11) is 1.36. The first-order valence-corrected chi connectivity index (χ1v) is 4.45. The first-order valence-electron chi connectivity index (χ1n) is 4.45. The average molecular weight is 247 g/mol. The van der Waals surface area contributed by atoms with Crippen LogP contribution in [0.25, 0.3) is 0 Å². The van der Waals surface area contributed by atoms with Crippen LogP contribution in [0.1, 0.15) is 36.1 Å². The van der Waals surface area contributed by atoms with Crippen molar-refractivity contribution in [3.63, 3.8) is 0 Å². The van der Waals surface area contributed by atoms with Crippen LogP contribution in [0, 0.1) is 0 Å². The molecule has 6 nitrogen and oxygen atoms in total. The van der Waals surface area contributed by atoms with Crippen molar-refractivity contribution in [3.05, 3.63) is 31.5 Å². The van der Waals surface area contributed by atoms with E-state index in [2.05, 4.69) is 0 Å². The normalized spacial score (nSPS) is 8.65. The van der Waals surface area contributed by atoms with Crippen molar-refractivity contribution in [2.45, 2.75) is 49.2 Å². The van der Waals surface area contributed by atoms with Gasteiger partial charge in [-0.1, -0.05) is 22.3 Å². The Hall–Kier alpha value is -1.59. The lowest BCUT2D eigenvalue weighted by Crippen LogP contribution is -2.53. The van der Waals surface area contributed by atoms with E-state index in [1.165, 1.54) is 7.05 Å². The van der Waals surface area contributed by atoms with Crippen molar-refractivity contribution in [2.75, 3.05) is 0 Å². The van der Waals surface area contributed by atoms with Gasteiger partial charge in [0, 0.05) is 20.1 Å². The molecule has 0 spiro atoms. The molecule has 0 fully saturated rings. The third kappa shape index (κ3) is 3.18. The number of hydrogen-bond acceptors (Lipinski definition) is 3. The molecule has 0 aliphatic carbocycles. The summed E-state index contributed by atoms with van der Waals surface area (Å²) in [5.41, 5.74) is -1.66. The topological polar surface area (TPSA) is 66.0 Å². The van der Waals surface area contributed by atoms with Crippen LogP contribution in [-0.4, -0.2) is 13.7 Å². The highest BCUT2D eigenvalue weighted by Crippen LogP contribution is 1.71. The predicted octanol–water partition coefficient (Wildman–Crippen LogP) is 0.657. The molecule has 0 atom stereocenters. The zero-order valence-corrected chi connectivity index (χ0v) is 8.48. The Balaban J connectivity index is -0.000000653. The molecule has 0 N–H and O–H groups in total. The molecule has 1 aromatic rings. The molecule has 0 unspecified atom stereocenters. The first-order chi connectivity index (χ1) is 6.54. The third-order valence-corrected chi connectivity index (χ3v) is 2.13. The van der Waals surface area contributed by atoms with Crippen molar-refractivity contribution < 1.29 is 0 Å². The Labute approximate surface area is 102 Å². The molecular weight excluding hydrogens is 222 g/mol. The molecule has 0 aliphatic heterocycles. The maximum Gasteiger partial charge on any atom is 0.336 e.